The van der Waals surface area contributed by atoms with Crippen molar-refractivity contribution in [2.75, 3.05) is 11.2 Å². The monoisotopic (exact) mass is 376 g/mol. The molecule has 25 heavy (non-hydrogen) atoms. The van der Waals surface area contributed by atoms with Crippen molar-refractivity contribution in [3.8, 4) is 5.75 Å². The molecule has 0 bridgehead atoms. The summed E-state index contributed by atoms with van der Waals surface area (Å²) in [4.78, 5) is 4.03. The molecule has 2 aromatic carbocycles. The van der Waals surface area contributed by atoms with Gasteiger partial charge in [0, 0.05) is 16.0 Å². The SMILES string of the molecule is Nc1csc(NN=Cc2ccc(OCc3ccc(Cl)cc3F)cc2)n1. The Kier molecular flexibility index (Phi) is 5.47. The van der Waals surface area contributed by atoms with Gasteiger partial charge < -0.3 is 10.5 Å². The van der Waals surface area contributed by atoms with Crippen LogP contribution in [-0.4, -0.2) is 11.2 Å². The smallest absolute Gasteiger partial charge is 0.205 e. The molecule has 0 amide bonds. The number of ether oxygens (including phenoxy) is 1. The van der Waals surface area contributed by atoms with Crippen LogP contribution in [-0.2, 0) is 6.61 Å². The van der Waals surface area contributed by atoms with Crippen molar-refractivity contribution >= 4 is 40.1 Å². The van der Waals surface area contributed by atoms with E-state index in [4.69, 9.17) is 22.1 Å². The van der Waals surface area contributed by atoms with Crippen LogP contribution in [0.1, 0.15) is 11.1 Å². The summed E-state index contributed by atoms with van der Waals surface area (Å²) in [5, 5.41) is 6.80. The second-order valence-electron chi connectivity index (χ2n) is 5.04. The minimum Gasteiger partial charge on any atom is -0.489 e. The number of nitrogens with two attached hydrogens (primary N) is 1. The van der Waals surface area contributed by atoms with Crippen LogP contribution in [0.15, 0.2) is 52.9 Å². The summed E-state index contributed by atoms with van der Waals surface area (Å²) >= 11 is 7.10. The zero-order chi connectivity index (χ0) is 17.6. The number of hydrogen-bond acceptors (Lipinski definition) is 6. The van der Waals surface area contributed by atoms with Crippen LogP contribution in [0.4, 0.5) is 15.3 Å². The zero-order valence-corrected chi connectivity index (χ0v) is 14.5. The third-order valence-electron chi connectivity index (χ3n) is 3.19. The third kappa shape index (κ3) is 4.91. The summed E-state index contributed by atoms with van der Waals surface area (Å²) in [5.41, 5.74) is 9.65. The molecule has 8 heteroatoms. The number of halogens is 2. The summed E-state index contributed by atoms with van der Waals surface area (Å²) in [6.07, 6.45) is 1.65. The van der Waals surface area contributed by atoms with Gasteiger partial charge in [-0.3, -0.25) is 5.43 Å². The van der Waals surface area contributed by atoms with E-state index < -0.39 is 0 Å². The van der Waals surface area contributed by atoms with Gasteiger partial charge in [-0.15, -0.1) is 11.3 Å². The normalized spacial score (nSPS) is 11.0. The topological polar surface area (TPSA) is 72.5 Å². The maximum absolute atomic E-state index is 13.7. The maximum Gasteiger partial charge on any atom is 0.205 e. The Bertz CT molecular complexity index is 883. The van der Waals surface area contributed by atoms with Gasteiger partial charge in [0.25, 0.3) is 0 Å². The molecule has 0 aliphatic rings. The van der Waals surface area contributed by atoms with Gasteiger partial charge in [-0.2, -0.15) is 5.10 Å². The predicted molar refractivity (Wildman–Crippen MR) is 99.9 cm³/mol. The van der Waals surface area contributed by atoms with E-state index in [-0.39, 0.29) is 12.4 Å². The summed E-state index contributed by atoms with van der Waals surface area (Å²) < 4.78 is 19.3. The summed E-state index contributed by atoms with van der Waals surface area (Å²) in [6.45, 7) is 0.128. The number of benzene rings is 2. The van der Waals surface area contributed by atoms with E-state index in [1.807, 2.05) is 12.1 Å². The molecule has 3 N–H and O–H groups in total. The van der Waals surface area contributed by atoms with Gasteiger partial charge in [-0.05, 0) is 42.0 Å². The van der Waals surface area contributed by atoms with E-state index in [1.54, 1.807) is 35.9 Å². The molecule has 0 fully saturated rings. The van der Waals surface area contributed by atoms with Crippen molar-refractivity contribution in [1.29, 1.82) is 0 Å². The van der Waals surface area contributed by atoms with Crippen LogP contribution in [0.25, 0.3) is 0 Å². The first-order valence-electron chi connectivity index (χ1n) is 7.27. The molecule has 0 atom stereocenters. The Morgan fingerprint density at radius 3 is 2.76 bits per heavy atom. The third-order valence-corrected chi connectivity index (χ3v) is 4.19. The first-order valence-corrected chi connectivity index (χ1v) is 8.53. The lowest BCUT2D eigenvalue weighted by Crippen LogP contribution is -1.98. The van der Waals surface area contributed by atoms with E-state index in [2.05, 4.69) is 15.5 Å². The van der Waals surface area contributed by atoms with E-state index in [0.717, 1.165) is 5.56 Å². The van der Waals surface area contributed by atoms with E-state index in [0.29, 0.717) is 27.3 Å². The number of hydrazone groups is 1. The average molecular weight is 377 g/mol. The molecule has 5 nitrogen and oxygen atoms in total. The molecule has 3 aromatic rings. The lowest BCUT2D eigenvalue weighted by atomic mass is 10.2. The molecule has 0 saturated heterocycles. The van der Waals surface area contributed by atoms with Gasteiger partial charge in [0.15, 0.2) is 0 Å². The van der Waals surface area contributed by atoms with Crippen LogP contribution in [0.3, 0.4) is 0 Å². The van der Waals surface area contributed by atoms with E-state index in [1.165, 1.54) is 17.4 Å². The molecule has 1 aromatic heterocycles. The van der Waals surface area contributed by atoms with Crippen molar-refractivity contribution in [2.45, 2.75) is 6.61 Å². The first kappa shape index (κ1) is 17.2. The highest BCUT2D eigenvalue weighted by molar-refractivity contribution is 7.14. The maximum atomic E-state index is 13.7. The second-order valence-corrected chi connectivity index (χ2v) is 6.34. The molecule has 0 unspecified atom stereocenters. The van der Waals surface area contributed by atoms with Crippen LogP contribution < -0.4 is 15.9 Å². The van der Waals surface area contributed by atoms with Crippen molar-refractivity contribution in [1.82, 2.24) is 4.98 Å². The highest BCUT2D eigenvalue weighted by Crippen LogP contribution is 2.18. The highest BCUT2D eigenvalue weighted by atomic mass is 35.5. The van der Waals surface area contributed by atoms with Crippen molar-refractivity contribution < 1.29 is 9.13 Å². The molecule has 3 rings (SSSR count). The number of nitrogens with zero attached hydrogens (tertiary/aromatic N) is 2. The average Bonchev–Trinajstić information content (AvgIpc) is 3.01. The number of nitrogens with one attached hydrogen (secondary N) is 1. The standard InChI is InChI=1S/C17H14ClFN4OS/c18-13-4-3-12(15(19)7-13)9-24-14-5-1-11(2-6-14)8-21-23-17-22-16(20)10-25-17/h1-8,10H,9,20H2,(H,22,23). The molecule has 1 heterocycles. The van der Waals surface area contributed by atoms with Crippen LogP contribution in [0.2, 0.25) is 5.02 Å². The Hall–Kier alpha value is -2.64. The van der Waals surface area contributed by atoms with Gasteiger partial charge in [0.05, 0.1) is 6.21 Å². The van der Waals surface area contributed by atoms with Crippen molar-refractivity contribution in [3.05, 3.63) is 69.8 Å². The second kappa shape index (κ2) is 7.96. The largest absolute Gasteiger partial charge is 0.489 e. The number of rotatable bonds is 6. The molecule has 0 saturated carbocycles. The van der Waals surface area contributed by atoms with E-state index in [9.17, 15) is 4.39 Å². The fourth-order valence-corrected chi connectivity index (χ4v) is 2.66. The first-order chi connectivity index (χ1) is 12.1. The molecule has 0 aliphatic heterocycles. The molecular weight excluding hydrogens is 363 g/mol. The number of thiazole rings is 1. The lowest BCUT2D eigenvalue weighted by Gasteiger charge is -2.07. The molecular formula is C17H14ClFN4OS. The molecule has 0 aliphatic carbocycles. The number of anilines is 2. The van der Waals surface area contributed by atoms with Crippen molar-refractivity contribution in [2.24, 2.45) is 5.10 Å². The Morgan fingerprint density at radius 1 is 1.28 bits per heavy atom. The Morgan fingerprint density at radius 2 is 2.08 bits per heavy atom. The van der Waals surface area contributed by atoms with Crippen LogP contribution in [0.5, 0.6) is 5.75 Å². The molecule has 0 spiro atoms. The van der Waals surface area contributed by atoms with Crippen molar-refractivity contribution in [3.63, 3.8) is 0 Å². The quantitative estimate of drug-likeness (QED) is 0.489. The molecule has 0 radical (unpaired) electrons. The summed E-state index contributed by atoms with van der Waals surface area (Å²) in [6, 6.07) is 11.8. The Labute approximate surface area is 152 Å². The van der Waals surface area contributed by atoms with Gasteiger partial charge in [-0.25, -0.2) is 9.37 Å². The fourth-order valence-electron chi connectivity index (χ4n) is 1.95. The van der Waals surface area contributed by atoms with Gasteiger partial charge in [-0.1, -0.05) is 17.7 Å². The zero-order valence-electron chi connectivity index (χ0n) is 12.9. The molecule has 128 valence electrons. The van der Waals surface area contributed by atoms with Crippen LogP contribution in [0, 0.1) is 5.82 Å². The van der Waals surface area contributed by atoms with Gasteiger partial charge in [0.1, 0.15) is 24.0 Å². The minimum absolute atomic E-state index is 0.128. The summed E-state index contributed by atoms with van der Waals surface area (Å²) in [5.74, 6) is 0.707. The van der Waals surface area contributed by atoms with E-state index >= 15 is 0 Å². The lowest BCUT2D eigenvalue weighted by molar-refractivity contribution is 0.300. The highest BCUT2D eigenvalue weighted by Gasteiger charge is 2.04. The number of aromatic nitrogens is 1. The predicted octanol–water partition coefficient (Wildman–Crippen LogP) is 4.54. The Balaban J connectivity index is 1.54. The minimum atomic E-state index is -0.384. The van der Waals surface area contributed by atoms with Gasteiger partial charge in [0.2, 0.25) is 5.13 Å². The number of nitrogen functional groups attached to an aromatic ring is 1. The van der Waals surface area contributed by atoms with Crippen LogP contribution >= 0.6 is 22.9 Å². The fraction of sp³-hybridized carbons (Fsp3) is 0.0588. The number of hydrogen-bond donors (Lipinski definition) is 2. The van der Waals surface area contributed by atoms with Gasteiger partial charge >= 0.3 is 0 Å². The summed E-state index contributed by atoms with van der Waals surface area (Å²) in [7, 11) is 0.